The number of piperidine rings is 1. The molecule has 0 amide bonds. The van der Waals surface area contributed by atoms with E-state index in [0.717, 1.165) is 86.5 Å². The normalized spacial score (nSPS) is 19.8. The third kappa shape index (κ3) is 6.79. The molecule has 0 saturated carbocycles. The van der Waals surface area contributed by atoms with Crippen LogP contribution in [0.4, 0.5) is 5.69 Å². The molecular formula is C35H46N6O3. The molecule has 9 heteroatoms. The van der Waals surface area contributed by atoms with Crippen molar-refractivity contribution in [3.05, 3.63) is 58.3 Å². The van der Waals surface area contributed by atoms with Gasteiger partial charge in [0, 0.05) is 43.9 Å². The molecule has 6 rings (SSSR count). The van der Waals surface area contributed by atoms with E-state index >= 15 is 0 Å². The molecular weight excluding hydrogens is 552 g/mol. The zero-order valence-corrected chi connectivity index (χ0v) is 26.8. The summed E-state index contributed by atoms with van der Waals surface area (Å²) in [6.45, 7) is 13.4. The Labute approximate surface area is 260 Å². The fraction of sp³-hybridized carbons (Fsp3) is 0.571. The van der Waals surface area contributed by atoms with Gasteiger partial charge in [-0.3, -0.25) is 14.9 Å². The minimum atomic E-state index is -0.205. The largest absolute Gasteiger partial charge is 0.435 e. The first kappa shape index (κ1) is 30.6. The molecule has 0 spiro atoms. The van der Waals surface area contributed by atoms with Crippen LogP contribution in [0, 0.1) is 25.2 Å². The van der Waals surface area contributed by atoms with Gasteiger partial charge in [-0.05, 0) is 93.4 Å². The number of nitrogens with zero attached hydrogens (tertiary/aromatic N) is 5. The summed E-state index contributed by atoms with van der Waals surface area (Å²) in [5.74, 6) is 1.89. The van der Waals surface area contributed by atoms with Crippen LogP contribution in [-0.2, 0) is 24.1 Å². The van der Waals surface area contributed by atoms with Gasteiger partial charge in [0.25, 0.3) is 0 Å². The van der Waals surface area contributed by atoms with Gasteiger partial charge in [0.05, 0.1) is 28.9 Å². The lowest BCUT2D eigenvalue weighted by atomic mass is 9.71. The number of ether oxygens (including phenoxy) is 1. The van der Waals surface area contributed by atoms with Crippen LogP contribution in [0.2, 0.25) is 0 Å². The second kappa shape index (κ2) is 12.5. The highest BCUT2D eigenvalue weighted by Gasteiger charge is 2.32. The molecule has 3 aliphatic rings. The van der Waals surface area contributed by atoms with Crippen LogP contribution in [0.5, 0.6) is 11.6 Å². The van der Waals surface area contributed by atoms with Gasteiger partial charge < -0.3 is 14.7 Å². The fourth-order valence-electron chi connectivity index (χ4n) is 6.86. The summed E-state index contributed by atoms with van der Waals surface area (Å²) >= 11 is 0. The lowest BCUT2D eigenvalue weighted by Gasteiger charge is -2.34. The van der Waals surface area contributed by atoms with E-state index in [1.54, 1.807) is 0 Å². The number of hydrogen-bond acceptors (Lipinski definition) is 8. The second-order valence-electron chi connectivity index (χ2n) is 14.1. The highest BCUT2D eigenvalue weighted by atomic mass is 16.5. The Morgan fingerprint density at radius 2 is 1.95 bits per heavy atom. The fourth-order valence-corrected chi connectivity index (χ4v) is 6.86. The SMILES string of the molecule is Cc1n[nH]c(C)c1Oc1ccc([C@@H](CCN2CCC(O)CC2)CC(=O)C2=Nc3cc4c(nc3C2)CC[C@H](C(C)(C)C)C4)cn1. The molecule has 1 aliphatic carbocycles. The number of likely N-dealkylation sites (tertiary alicyclic amines) is 1. The topological polar surface area (TPSA) is 117 Å². The number of carbonyl (C=O) groups is 1. The highest BCUT2D eigenvalue weighted by Crippen LogP contribution is 2.39. The van der Waals surface area contributed by atoms with E-state index in [9.17, 15) is 9.90 Å². The number of ketones is 1. The van der Waals surface area contributed by atoms with Crippen molar-refractivity contribution in [1.82, 2.24) is 25.1 Å². The number of rotatable bonds is 9. The Kier molecular flexibility index (Phi) is 8.70. The van der Waals surface area contributed by atoms with Gasteiger partial charge in [0.1, 0.15) is 5.69 Å². The maximum atomic E-state index is 13.8. The number of aromatic amines is 1. The van der Waals surface area contributed by atoms with Crippen LogP contribution in [0.15, 0.2) is 29.4 Å². The Bertz CT molecular complexity index is 1510. The number of H-pyrrole nitrogens is 1. The van der Waals surface area contributed by atoms with Crippen molar-refractivity contribution in [2.75, 3.05) is 19.6 Å². The van der Waals surface area contributed by atoms with Gasteiger partial charge in [-0.25, -0.2) is 9.98 Å². The van der Waals surface area contributed by atoms with Crippen LogP contribution in [0.3, 0.4) is 0 Å². The maximum absolute atomic E-state index is 13.8. The molecule has 2 aliphatic heterocycles. The quantitative estimate of drug-likeness (QED) is 0.311. The van der Waals surface area contributed by atoms with E-state index < -0.39 is 0 Å². The maximum Gasteiger partial charge on any atom is 0.219 e. The zero-order valence-electron chi connectivity index (χ0n) is 26.8. The van der Waals surface area contributed by atoms with Crippen molar-refractivity contribution in [3.8, 4) is 11.6 Å². The van der Waals surface area contributed by atoms with Crippen molar-refractivity contribution in [2.24, 2.45) is 16.3 Å². The van der Waals surface area contributed by atoms with Crippen molar-refractivity contribution in [2.45, 2.75) is 98.0 Å². The molecule has 3 aromatic rings. The summed E-state index contributed by atoms with van der Waals surface area (Å²) in [6, 6.07) is 6.10. The summed E-state index contributed by atoms with van der Waals surface area (Å²) in [5.41, 5.74) is 7.83. The Balaban J connectivity index is 1.17. The number of pyridine rings is 2. The van der Waals surface area contributed by atoms with Gasteiger partial charge in [-0.1, -0.05) is 26.8 Å². The average molecular weight is 599 g/mol. The molecule has 5 heterocycles. The van der Waals surface area contributed by atoms with Crippen molar-refractivity contribution < 1.29 is 14.6 Å². The molecule has 234 valence electrons. The van der Waals surface area contributed by atoms with Gasteiger partial charge in [-0.15, -0.1) is 0 Å². The molecule has 1 saturated heterocycles. The third-order valence-corrected chi connectivity index (χ3v) is 9.86. The number of aromatic nitrogens is 4. The number of hydrogen-bond donors (Lipinski definition) is 2. The summed E-state index contributed by atoms with van der Waals surface area (Å²) in [4.78, 5) is 30.6. The van der Waals surface area contributed by atoms with E-state index in [0.29, 0.717) is 36.1 Å². The average Bonchev–Trinajstić information content (AvgIpc) is 3.56. The molecule has 0 bridgehead atoms. The monoisotopic (exact) mass is 598 g/mol. The number of carbonyl (C=O) groups excluding carboxylic acids is 1. The van der Waals surface area contributed by atoms with Crippen LogP contribution in [0.25, 0.3) is 0 Å². The molecule has 3 aromatic heterocycles. The number of aliphatic hydroxyl groups excluding tert-OH is 1. The number of nitrogens with one attached hydrogen (secondary N) is 1. The second-order valence-corrected chi connectivity index (χ2v) is 14.1. The number of aliphatic hydroxyl groups is 1. The predicted octanol–water partition coefficient (Wildman–Crippen LogP) is 5.98. The summed E-state index contributed by atoms with van der Waals surface area (Å²) in [6.07, 6.45) is 8.12. The van der Waals surface area contributed by atoms with E-state index in [1.807, 2.05) is 32.2 Å². The standard InChI is InChI=1S/C35H46N6O3/c1-21-34(22(2)40-39-21)44-33-9-6-24(20-36-33)23(10-13-41-14-11-27(42)12-15-41)18-32(43)31-19-30-29(38-31)17-25-16-26(35(3,4)5)7-8-28(25)37-30/h6,9,17,20,23,26-27,42H,7-8,10-16,18-19H2,1-5H3,(H,39,40)/t23-,26-/m0/s1. The molecule has 44 heavy (non-hydrogen) atoms. The van der Waals surface area contributed by atoms with E-state index in [2.05, 4.69) is 46.9 Å². The van der Waals surface area contributed by atoms with Gasteiger partial charge >= 0.3 is 0 Å². The summed E-state index contributed by atoms with van der Waals surface area (Å²) in [5, 5.41) is 17.1. The zero-order chi connectivity index (χ0) is 31.0. The Morgan fingerprint density at radius 1 is 1.16 bits per heavy atom. The number of aryl methyl sites for hydroxylation is 3. The minimum Gasteiger partial charge on any atom is -0.435 e. The molecule has 2 N–H and O–H groups in total. The van der Waals surface area contributed by atoms with Crippen molar-refractivity contribution in [3.63, 3.8) is 0 Å². The van der Waals surface area contributed by atoms with Crippen LogP contribution >= 0.6 is 0 Å². The lowest BCUT2D eigenvalue weighted by molar-refractivity contribution is -0.113. The molecule has 2 atom stereocenters. The smallest absolute Gasteiger partial charge is 0.219 e. The Hall–Kier alpha value is -3.43. The minimum absolute atomic E-state index is 0.00609. The first-order valence-electron chi connectivity index (χ1n) is 16.2. The highest BCUT2D eigenvalue weighted by molar-refractivity contribution is 6.41. The molecule has 0 radical (unpaired) electrons. The summed E-state index contributed by atoms with van der Waals surface area (Å²) in [7, 11) is 0. The summed E-state index contributed by atoms with van der Waals surface area (Å²) < 4.78 is 6.02. The van der Waals surface area contributed by atoms with Crippen molar-refractivity contribution in [1.29, 1.82) is 0 Å². The number of Topliss-reactive ketones (excluding diaryl/α,β-unsaturated/α-hetero) is 1. The third-order valence-electron chi connectivity index (χ3n) is 9.86. The molecule has 0 aromatic carbocycles. The first-order chi connectivity index (χ1) is 21.0. The Morgan fingerprint density at radius 3 is 2.64 bits per heavy atom. The van der Waals surface area contributed by atoms with Crippen LogP contribution in [0.1, 0.15) is 92.7 Å². The first-order valence-corrected chi connectivity index (χ1v) is 16.2. The van der Waals surface area contributed by atoms with Crippen molar-refractivity contribution >= 4 is 17.2 Å². The number of fused-ring (bicyclic) bond motifs is 2. The van der Waals surface area contributed by atoms with E-state index in [1.165, 1.54) is 11.3 Å². The van der Waals surface area contributed by atoms with E-state index in [-0.39, 0.29) is 23.2 Å². The van der Waals surface area contributed by atoms with Crippen LogP contribution in [-0.4, -0.2) is 67.4 Å². The lowest BCUT2D eigenvalue weighted by Crippen LogP contribution is -2.37. The predicted molar refractivity (Wildman–Crippen MR) is 171 cm³/mol. The van der Waals surface area contributed by atoms with Gasteiger partial charge in [0.15, 0.2) is 11.5 Å². The van der Waals surface area contributed by atoms with Gasteiger partial charge in [0.2, 0.25) is 5.88 Å². The molecule has 0 unspecified atom stereocenters. The van der Waals surface area contributed by atoms with E-state index in [4.69, 9.17) is 14.7 Å². The van der Waals surface area contributed by atoms with Gasteiger partial charge in [-0.2, -0.15) is 5.10 Å². The van der Waals surface area contributed by atoms with Crippen LogP contribution < -0.4 is 4.74 Å². The molecule has 9 nitrogen and oxygen atoms in total. The molecule has 1 fully saturated rings. The number of aliphatic imine (C=N–C) groups is 1.